The number of hydrogen-bond acceptors (Lipinski definition) is 6. The Balaban J connectivity index is 1.74. The van der Waals surface area contributed by atoms with Crippen LogP contribution in [0.25, 0.3) is 0 Å². The van der Waals surface area contributed by atoms with Crippen LogP contribution in [0.1, 0.15) is 39.2 Å². The van der Waals surface area contributed by atoms with E-state index in [2.05, 4.69) is 5.32 Å². The standard InChI is InChI=1S/C19H18N2O4S/c1-24-19(23)17-13-7-3-5-9-15(13)26-18(17)21-16(22)11-25-14-8-4-2-6-12(14)10-20/h2,4,6,8H,3,5,7,9,11H2,1H3,(H,21,22). The fourth-order valence-electron chi connectivity index (χ4n) is 2.96. The zero-order valence-corrected chi connectivity index (χ0v) is 15.1. The summed E-state index contributed by atoms with van der Waals surface area (Å²) in [4.78, 5) is 25.6. The molecule has 1 aliphatic carbocycles. The Bertz CT molecular complexity index is 882. The van der Waals surface area contributed by atoms with Crippen molar-refractivity contribution in [1.82, 2.24) is 0 Å². The molecule has 0 aliphatic heterocycles. The lowest BCUT2D eigenvalue weighted by atomic mass is 9.95. The predicted molar refractivity (Wildman–Crippen MR) is 97.6 cm³/mol. The van der Waals surface area contributed by atoms with Crippen LogP contribution in [0.15, 0.2) is 24.3 Å². The number of aryl methyl sites for hydroxylation is 1. The third-order valence-corrected chi connectivity index (χ3v) is 5.39. The molecule has 26 heavy (non-hydrogen) atoms. The van der Waals surface area contributed by atoms with E-state index in [1.807, 2.05) is 6.07 Å². The second kappa shape index (κ2) is 8.02. The molecule has 0 bridgehead atoms. The van der Waals surface area contributed by atoms with E-state index in [1.54, 1.807) is 24.3 Å². The average Bonchev–Trinajstić information content (AvgIpc) is 3.03. The molecular formula is C19H18N2O4S. The summed E-state index contributed by atoms with van der Waals surface area (Å²) in [6.07, 6.45) is 3.83. The Kier molecular flexibility index (Phi) is 5.54. The maximum Gasteiger partial charge on any atom is 0.341 e. The van der Waals surface area contributed by atoms with Crippen LogP contribution in [0.2, 0.25) is 0 Å². The SMILES string of the molecule is COC(=O)c1c(NC(=O)COc2ccccc2C#N)sc2c1CCCC2. The topological polar surface area (TPSA) is 88.4 Å². The van der Waals surface area contributed by atoms with E-state index in [4.69, 9.17) is 14.7 Å². The number of fused-ring (bicyclic) bond motifs is 1. The van der Waals surface area contributed by atoms with E-state index in [9.17, 15) is 9.59 Å². The first-order valence-corrected chi connectivity index (χ1v) is 9.10. The van der Waals surface area contributed by atoms with Crippen LogP contribution >= 0.6 is 11.3 Å². The first-order valence-electron chi connectivity index (χ1n) is 8.28. The van der Waals surface area contributed by atoms with Crippen LogP contribution in [0.3, 0.4) is 0 Å². The number of nitrogens with zero attached hydrogens (tertiary/aromatic N) is 1. The molecule has 0 atom stereocenters. The van der Waals surface area contributed by atoms with Gasteiger partial charge in [-0.2, -0.15) is 5.26 Å². The maximum atomic E-state index is 12.3. The molecule has 1 heterocycles. The van der Waals surface area contributed by atoms with Gasteiger partial charge in [-0.15, -0.1) is 11.3 Å². The maximum absolute atomic E-state index is 12.3. The fourth-order valence-corrected chi connectivity index (χ4v) is 4.26. The summed E-state index contributed by atoms with van der Waals surface area (Å²) in [6, 6.07) is 8.73. The lowest BCUT2D eigenvalue weighted by Gasteiger charge is -2.12. The number of carbonyl (C=O) groups is 2. The van der Waals surface area contributed by atoms with Crippen molar-refractivity contribution in [1.29, 1.82) is 5.26 Å². The fraction of sp³-hybridized carbons (Fsp3) is 0.316. The summed E-state index contributed by atoms with van der Waals surface area (Å²) < 4.78 is 10.3. The summed E-state index contributed by atoms with van der Waals surface area (Å²) in [5, 5.41) is 12.3. The van der Waals surface area contributed by atoms with Crippen molar-refractivity contribution in [2.45, 2.75) is 25.7 Å². The van der Waals surface area contributed by atoms with Gasteiger partial charge in [-0.25, -0.2) is 4.79 Å². The van der Waals surface area contributed by atoms with Crippen LogP contribution in [-0.4, -0.2) is 25.6 Å². The molecule has 3 rings (SSSR count). The van der Waals surface area contributed by atoms with Crippen LogP contribution in [0.4, 0.5) is 5.00 Å². The summed E-state index contributed by atoms with van der Waals surface area (Å²) in [5.74, 6) is -0.472. The molecule has 0 saturated carbocycles. The van der Waals surface area contributed by atoms with Gasteiger partial charge in [-0.05, 0) is 43.4 Å². The number of benzene rings is 1. The molecule has 1 aliphatic rings. The summed E-state index contributed by atoms with van der Waals surface area (Å²) in [5.41, 5.74) is 1.80. The molecule has 1 amide bonds. The van der Waals surface area contributed by atoms with Crippen LogP contribution < -0.4 is 10.1 Å². The Morgan fingerprint density at radius 3 is 2.81 bits per heavy atom. The molecule has 7 heteroatoms. The van der Waals surface area contributed by atoms with E-state index in [-0.39, 0.29) is 12.5 Å². The highest BCUT2D eigenvalue weighted by Gasteiger charge is 2.27. The van der Waals surface area contributed by atoms with Crippen molar-refractivity contribution < 1.29 is 19.1 Å². The zero-order valence-electron chi connectivity index (χ0n) is 14.3. The average molecular weight is 370 g/mol. The molecule has 2 aromatic rings. The number of rotatable bonds is 5. The number of thiophene rings is 1. The summed E-state index contributed by atoms with van der Waals surface area (Å²) in [7, 11) is 1.34. The van der Waals surface area contributed by atoms with E-state index in [1.165, 1.54) is 18.4 Å². The van der Waals surface area contributed by atoms with Gasteiger partial charge in [0, 0.05) is 4.88 Å². The predicted octanol–water partition coefficient (Wildman–Crippen LogP) is 3.30. The monoisotopic (exact) mass is 370 g/mol. The van der Waals surface area contributed by atoms with Crippen molar-refractivity contribution >= 4 is 28.2 Å². The van der Waals surface area contributed by atoms with Crippen molar-refractivity contribution in [3.63, 3.8) is 0 Å². The van der Waals surface area contributed by atoms with E-state index < -0.39 is 5.97 Å². The number of amides is 1. The van der Waals surface area contributed by atoms with E-state index in [0.29, 0.717) is 21.9 Å². The minimum absolute atomic E-state index is 0.248. The van der Waals surface area contributed by atoms with Gasteiger partial charge in [0.15, 0.2) is 6.61 Å². The minimum Gasteiger partial charge on any atom is -0.482 e. The van der Waals surface area contributed by atoms with Crippen LogP contribution in [0, 0.1) is 11.3 Å². The second-order valence-electron chi connectivity index (χ2n) is 5.85. The van der Waals surface area contributed by atoms with Crippen LogP contribution in [-0.2, 0) is 22.4 Å². The molecule has 1 N–H and O–H groups in total. The number of ether oxygens (including phenoxy) is 2. The molecule has 134 valence electrons. The number of methoxy groups -OCH3 is 1. The molecule has 1 aromatic carbocycles. The smallest absolute Gasteiger partial charge is 0.341 e. The van der Waals surface area contributed by atoms with Gasteiger partial charge in [0.25, 0.3) is 5.91 Å². The van der Waals surface area contributed by atoms with Gasteiger partial charge < -0.3 is 14.8 Å². The van der Waals surface area contributed by atoms with Crippen molar-refractivity contribution in [2.24, 2.45) is 0 Å². The highest BCUT2D eigenvalue weighted by Crippen LogP contribution is 2.38. The number of hydrogen-bond donors (Lipinski definition) is 1. The number of nitrogens with one attached hydrogen (secondary N) is 1. The van der Waals surface area contributed by atoms with Gasteiger partial charge >= 0.3 is 5.97 Å². The third-order valence-electron chi connectivity index (χ3n) is 4.18. The third kappa shape index (κ3) is 3.70. The highest BCUT2D eigenvalue weighted by molar-refractivity contribution is 7.17. The Morgan fingerprint density at radius 2 is 2.04 bits per heavy atom. The lowest BCUT2D eigenvalue weighted by Crippen LogP contribution is -2.21. The molecule has 0 radical (unpaired) electrons. The molecular weight excluding hydrogens is 352 g/mol. The number of esters is 1. The summed E-state index contributed by atoms with van der Waals surface area (Å²) >= 11 is 1.42. The zero-order chi connectivity index (χ0) is 18.5. The number of para-hydroxylation sites is 1. The molecule has 6 nitrogen and oxygen atoms in total. The van der Waals surface area contributed by atoms with E-state index >= 15 is 0 Å². The lowest BCUT2D eigenvalue weighted by molar-refractivity contribution is -0.118. The summed E-state index contributed by atoms with van der Waals surface area (Å²) in [6.45, 7) is -0.248. The van der Waals surface area contributed by atoms with E-state index in [0.717, 1.165) is 36.1 Å². The number of anilines is 1. The molecule has 0 unspecified atom stereocenters. The van der Waals surface area contributed by atoms with Crippen molar-refractivity contribution in [3.05, 3.63) is 45.8 Å². The number of carbonyl (C=O) groups excluding carboxylic acids is 2. The first kappa shape index (κ1) is 18.0. The van der Waals surface area contributed by atoms with Gasteiger partial charge in [-0.1, -0.05) is 12.1 Å². The van der Waals surface area contributed by atoms with Crippen molar-refractivity contribution in [2.75, 3.05) is 19.0 Å². The number of nitriles is 1. The molecule has 0 saturated heterocycles. The quantitative estimate of drug-likeness (QED) is 0.816. The van der Waals surface area contributed by atoms with Gasteiger partial charge in [0.1, 0.15) is 16.8 Å². The second-order valence-corrected chi connectivity index (χ2v) is 6.96. The van der Waals surface area contributed by atoms with Crippen LogP contribution in [0.5, 0.6) is 5.75 Å². The first-order chi connectivity index (χ1) is 12.6. The molecule has 0 fully saturated rings. The van der Waals surface area contributed by atoms with Crippen molar-refractivity contribution in [3.8, 4) is 11.8 Å². The Labute approximate surface area is 155 Å². The largest absolute Gasteiger partial charge is 0.482 e. The Hall–Kier alpha value is -2.85. The van der Waals surface area contributed by atoms with Gasteiger partial charge in [0.05, 0.1) is 18.2 Å². The Morgan fingerprint density at radius 1 is 1.27 bits per heavy atom. The molecule has 0 spiro atoms. The van der Waals surface area contributed by atoms with Gasteiger partial charge in [-0.3, -0.25) is 4.79 Å². The highest BCUT2D eigenvalue weighted by atomic mass is 32.1. The molecule has 1 aromatic heterocycles. The minimum atomic E-state index is -0.435. The van der Waals surface area contributed by atoms with Gasteiger partial charge in [0.2, 0.25) is 0 Å². The normalized spacial score (nSPS) is 12.6.